The Morgan fingerprint density at radius 2 is 2.00 bits per heavy atom. The van der Waals surface area contributed by atoms with Crippen molar-refractivity contribution in [2.45, 2.75) is 32.4 Å². The van der Waals surface area contributed by atoms with Gasteiger partial charge in [-0.2, -0.15) is 0 Å². The summed E-state index contributed by atoms with van der Waals surface area (Å²) in [5, 5.41) is 0.769. The average Bonchev–Trinajstić information content (AvgIpc) is 2.45. The highest BCUT2D eigenvalue weighted by Gasteiger charge is 2.22. The lowest BCUT2D eigenvalue weighted by Gasteiger charge is -2.39. The van der Waals surface area contributed by atoms with Crippen LogP contribution in [0.15, 0.2) is 24.3 Å². The third-order valence-electron chi connectivity index (χ3n) is 4.31. The van der Waals surface area contributed by atoms with E-state index in [1.807, 2.05) is 24.3 Å². The van der Waals surface area contributed by atoms with Crippen LogP contribution in [-0.4, -0.2) is 48.6 Å². The molecule has 1 aliphatic heterocycles. The van der Waals surface area contributed by atoms with E-state index in [1.165, 1.54) is 12.1 Å². The first-order valence-corrected chi connectivity index (χ1v) is 7.95. The maximum atomic E-state index is 6.27. The monoisotopic (exact) mass is 295 g/mol. The van der Waals surface area contributed by atoms with Gasteiger partial charge in [-0.05, 0) is 37.6 Å². The van der Waals surface area contributed by atoms with E-state index < -0.39 is 0 Å². The highest BCUT2D eigenvalue weighted by molar-refractivity contribution is 6.30. The van der Waals surface area contributed by atoms with Crippen molar-refractivity contribution in [1.82, 2.24) is 9.80 Å². The summed E-state index contributed by atoms with van der Waals surface area (Å²) in [5.74, 6) is 0. The molecule has 4 heteroatoms. The van der Waals surface area contributed by atoms with Crippen LogP contribution in [0.3, 0.4) is 0 Å². The molecule has 1 aromatic rings. The van der Waals surface area contributed by atoms with Crippen molar-refractivity contribution in [3.8, 4) is 0 Å². The molecule has 1 aliphatic rings. The third kappa shape index (κ3) is 4.19. The van der Waals surface area contributed by atoms with Crippen LogP contribution in [0, 0.1) is 0 Å². The summed E-state index contributed by atoms with van der Waals surface area (Å²) < 4.78 is 0. The van der Waals surface area contributed by atoms with E-state index >= 15 is 0 Å². The summed E-state index contributed by atoms with van der Waals surface area (Å²) in [6.45, 7) is 10.3. The van der Waals surface area contributed by atoms with E-state index in [4.69, 9.17) is 17.3 Å². The zero-order valence-corrected chi connectivity index (χ0v) is 13.3. The average molecular weight is 296 g/mol. The first-order chi connectivity index (χ1) is 9.60. The molecule has 3 nitrogen and oxygen atoms in total. The maximum absolute atomic E-state index is 6.27. The molecule has 2 N–H and O–H groups in total. The summed E-state index contributed by atoms with van der Waals surface area (Å²) in [6, 6.07) is 8.65. The molecule has 2 unspecified atom stereocenters. The quantitative estimate of drug-likeness (QED) is 0.906. The fourth-order valence-electron chi connectivity index (χ4n) is 2.94. The first-order valence-electron chi connectivity index (χ1n) is 7.57. The van der Waals surface area contributed by atoms with Gasteiger partial charge in [0.2, 0.25) is 0 Å². The number of piperazine rings is 1. The van der Waals surface area contributed by atoms with Crippen LogP contribution in [0.25, 0.3) is 0 Å². The van der Waals surface area contributed by atoms with Gasteiger partial charge in [0.05, 0.1) is 0 Å². The molecule has 1 fully saturated rings. The van der Waals surface area contributed by atoms with Gasteiger partial charge in [-0.25, -0.2) is 0 Å². The fourth-order valence-corrected chi connectivity index (χ4v) is 3.07. The van der Waals surface area contributed by atoms with Gasteiger partial charge in [-0.1, -0.05) is 30.7 Å². The Morgan fingerprint density at radius 3 is 2.60 bits per heavy atom. The molecule has 1 saturated heterocycles. The molecule has 0 amide bonds. The van der Waals surface area contributed by atoms with Gasteiger partial charge in [0.15, 0.2) is 0 Å². The predicted octanol–water partition coefficient (Wildman–Crippen LogP) is 2.76. The molecule has 0 spiro atoms. The van der Waals surface area contributed by atoms with Crippen LogP contribution < -0.4 is 5.73 Å². The van der Waals surface area contributed by atoms with Gasteiger partial charge < -0.3 is 10.6 Å². The molecular formula is C16H26ClN3. The summed E-state index contributed by atoms with van der Waals surface area (Å²) in [6.07, 6.45) is 1.00. The molecule has 0 radical (unpaired) electrons. The summed E-state index contributed by atoms with van der Waals surface area (Å²) in [7, 11) is 0. The van der Waals surface area contributed by atoms with E-state index in [0.29, 0.717) is 6.04 Å². The Morgan fingerprint density at radius 1 is 1.30 bits per heavy atom. The van der Waals surface area contributed by atoms with Crippen LogP contribution in [0.5, 0.6) is 0 Å². The molecule has 0 aliphatic carbocycles. The normalized spacial score (nSPS) is 22.9. The number of hydrogen-bond acceptors (Lipinski definition) is 3. The minimum atomic E-state index is 0.103. The molecule has 1 aromatic carbocycles. The highest BCUT2D eigenvalue weighted by atomic mass is 35.5. The second-order valence-electron chi connectivity index (χ2n) is 5.72. The van der Waals surface area contributed by atoms with E-state index in [1.54, 1.807) is 0 Å². The van der Waals surface area contributed by atoms with Crippen LogP contribution in [-0.2, 0) is 0 Å². The molecule has 0 saturated carbocycles. The smallest absolute Gasteiger partial charge is 0.0406 e. The van der Waals surface area contributed by atoms with Crippen LogP contribution >= 0.6 is 11.6 Å². The standard InChI is InChI=1S/C16H26ClN3/c1-3-20-11-10-19(12-13(20)2)9-8-16(18)14-4-6-15(17)7-5-14/h4-7,13,16H,3,8-12,18H2,1-2H3. The van der Waals surface area contributed by atoms with E-state index in [-0.39, 0.29) is 6.04 Å². The Kier molecular flexibility index (Phi) is 5.85. The first kappa shape index (κ1) is 15.8. The Hall–Kier alpha value is -0.610. The Bertz CT molecular complexity index is 407. The Balaban J connectivity index is 1.79. The van der Waals surface area contributed by atoms with Crippen molar-refractivity contribution in [3.05, 3.63) is 34.9 Å². The lowest BCUT2D eigenvalue weighted by atomic mass is 10.0. The largest absolute Gasteiger partial charge is 0.324 e. The van der Waals surface area contributed by atoms with Crippen LogP contribution in [0.1, 0.15) is 31.9 Å². The maximum Gasteiger partial charge on any atom is 0.0406 e. The predicted molar refractivity (Wildman–Crippen MR) is 86.1 cm³/mol. The number of nitrogens with two attached hydrogens (primary N) is 1. The van der Waals surface area contributed by atoms with E-state index in [2.05, 4.69) is 23.6 Å². The minimum absolute atomic E-state index is 0.103. The van der Waals surface area contributed by atoms with Crippen molar-refractivity contribution in [2.75, 3.05) is 32.7 Å². The number of hydrogen-bond donors (Lipinski definition) is 1. The number of benzene rings is 1. The zero-order valence-electron chi connectivity index (χ0n) is 12.6. The van der Waals surface area contributed by atoms with Gasteiger partial charge in [0.25, 0.3) is 0 Å². The second-order valence-corrected chi connectivity index (χ2v) is 6.16. The van der Waals surface area contributed by atoms with Gasteiger partial charge in [0, 0.05) is 43.3 Å². The van der Waals surface area contributed by atoms with Gasteiger partial charge in [-0.15, -0.1) is 0 Å². The molecule has 0 bridgehead atoms. The van der Waals surface area contributed by atoms with Gasteiger partial charge >= 0.3 is 0 Å². The van der Waals surface area contributed by atoms with Crippen LogP contribution in [0.2, 0.25) is 5.02 Å². The molecule has 1 heterocycles. The number of rotatable bonds is 5. The molecule has 2 rings (SSSR count). The number of nitrogens with zero attached hydrogens (tertiary/aromatic N) is 2. The summed E-state index contributed by atoms with van der Waals surface area (Å²) in [5.41, 5.74) is 7.45. The molecule has 2 atom stereocenters. The lowest BCUT2D eigenvalue weighted by molar-refractivity contribution is 0.0861. The van der Waals surface area contributed by atoms with Crippen molar-refractivity contribution < 1.29 is 0 Å². The molecule has 112 valence electrons. The summed E-state index contributed by atoms with van der Waals surface area (Å²) in [4.78, 5) is 5.07. The van der Waals surface area contributed by atoms with Crippen molar-refractivity contribution in [2.24, 2.45) is 5.73 Å². The Labute approximate surface area is 127 Å². The van der Waals surface area contributed by atoms with E-state index in [9.17, 15) is 0 Å². The minimum Gasteiger partial charge on any atom is -0.324 e. The summed E-state index contributed by atoms with van der Waals surface area (Å²) >= 11 is 5.90. The third-order valence-corrected chi connectivity index (χ3v) is 4.56. The molecule has 20 heavy (non-hydrogen) atoms. The second kappa shape index (κ2) is 7.41. The van der Waals surface area contributed by atoms with Crippen molar-refractivity contribution in [3.63, 3.8) is 0 Å². The lowest BCUT2D eigenvalue weighted by Crippen LogP contribution is -2.51. The highest BCUT2D eigenvalue weighted by Crippen LogP contribution is 2.18. The molecular weight excluding hydrogens is 270 g/mol. The number of halogens is 1. The fraction of sp³-hybridized carbons (Fsp3) is 0.625. The van der Waals surface area contributed by atoms with Crippen molar-refractivity contribution in [1.29, 1.82) is 0 Å². The topological polar surface area (TPSA) is 32.5 Å². The van der Waals surface area contributed by atoms with Gasteiger partial charge in [-0.3, -0.25) is 4.90 Å². The number of likely N-dealkylation sites (N-methyl/N-ethyl adjacent to an activating group) is 1. The van der Waals surface area contributed by atoms with E-state index in [0.717, 1.165) is 37.6 Å². The van der Waals surface area contributed by atoms with Crippen molar-refractivity contribution >= 4 is 11.6 Å². The van der Waals surface area contributed by atoms with Gasteiger partial charge in [0.1, 0.15) is 0 Å². The SMILES string of the molecule is CCN1CCN(CCC(N)c2ccc(Cl)cc2)CC1C. The zero-order chi connectivity index (χ0) is 14.5. The molecule has 0 aromatic heterocycles. The van der Waals surface area contributed by atoms with Crippen LogP contribution in [0.4, 0.5) is 0 Å².